The Morgan fingerprint density at radius 2 is 1.52 bits per heavy atom. The average molecular weight is 389 g/mol. The molecule has 3 aromatic rings. The number of ketones is 1. The third kappa shape index (κ3) is 5.75. The molecule has 0 aliphatic carbocycles. The molecule has 1 unspecified atom stereocenters. The summed E-state index contributed by atoms with van der Waals surface area (Å²) >= 11 is 0. The summed E-state index contributed by atoms with van der Waals surface area (Å²) in [6.07, 6.45) is 0.610. The number of fused-ring (bicyclic) bond motifs is 1. The van der Waals surface area contributed by atoms with E-state index in [0.717, 1.165) is 16.3 Å². The molecule has 0 aromatic heterocycles. The van der Waals surface area contributed by atoms with E-state index in [-0.39, 0.29) is 31.0 Å². The van der Waals surface area contributed by atoms with Crippen molar-refractivity contribution in [2.45, 2.75) is 31.7 Å². The van der Waals surface area contributed by atoms with Crippen LogP contribution >= 0.6 is 0 Å². The van der Waals surface area contributed by atoms with Gasteiger partial charge in [0.15, 0.2) is 5.78 Å². The Kier molecular flexibility index (Phi) is 6.74. The van der Waals surface area contributed by atoms with Gasteiger partial charge in [0.25, 0.3) is 0 Å². The van der Waals surface area contributed by atoms with Crippen molar-refractivity contribution >= 4 is 28.4 Å². The van der Waals surface area contributed by atoms with Crippen LogP contribution in [0.4, 0.5) is 0 Å². The first kappa shape index (κ1) is 20.3. The minimum Gasteiger partial charge on any atom is -0.481 e. The molecule has 5 heteroatoms. The lowest BCUT2D eigenvalue weighted by molar-refractivity contribution is -0.137. The van der Waals surface area contributed by atoms with E-state index in [9.17, 15) is 14.4 Å². The molecule has 0 saturated carbocycles. The van der Waals surface area contributed by atoms with Gasteiger partial charge >= 0.3 is 5.97 Å². The predicted octanol–water partition coefficient (Wildman–Crippen LogP) is 4.00. The van der Waals surface area contributed by atoms with E-state index in [1.54, 1.807) is 6.07 Å². The van der Waals surface area contributed by atoms with Crippen LogP contribution in [0.3, 0.4) is 0 Å². The fraction of sp³-hybridized carbons (Fsp3) is 0.208. The average Bonchev–Trinajstić information content (AvgIpc) is 2.73. The van der Waals surface area contributed by atoms with Gasteiger partial charge in [0.05, 0.1) is 6.04 Å². The van der Waals surface area contributed by atoms with Crippen LogP contribution < -0.4 is 5.32 Å². The Balaban J connectivity index is 1.79. The van der Waals surface area contributed by atoms with E-state index < -0.39 is 12.0 Å². The summed E-state index contributed by atoms with van der Waals surface area (Å²) < 4.78 is 0. The van der Waals surface area contributed by atoms with E-state index in [0.29, 0.717) is 12.0 Å². The fourth-order valence-electron chi connectivity index (χ4n) is 3.27. The lowest BCUT2D eigenvalue weighted by Crippen LogP contribution is -2.42. The van der Waals surface area contributed by atoms with Crippen LogP contribution in [0.2, 0.25) is 0 Å². The Morgan fingerprint density at radius 3 is 2.24 bits per heavy atom. The molecule has 148 valence electrons. The van der Waals surface area contributed by atoms with Crippen molar-refractivity contribution in [1.29, 1.82) is 0 Å². The molecule has 1 atom stereocenters. The largest absolute Gasteiger partial charge is 0.481 e. The summed E-state index contributed by atoms with van der Waals surface area (Å²) in [6, 6.07) is 22.1. The Morgan fingerprint density at radius 1 is 0.828 bits per heavy atom. The molecule has 3 rings (SSSR count). The predicted molar refractivity (Wildman–Crippen MR) is 112 cm³/mol. The second kappa shape index (κ2) is 9.64. The van der Waals surface area contributed by atoms with Crippen molar-refractivity contribution in [3.8, 4) is 0 Å². The van der Waals surface area contributed by atoms with E-state index in [2.05, 4.69) is 5.32 Å². The Bertz CT molecular complexity index is 1010. The van der Waals surface area contributed by atoms with Gasteiger partial charge in [-0.25, -0.2) is 0 Å². The molecule has 0 aliphatic heterocycles. The van der Waals surface area contributed by atoms with Crippen LogP contribution in [0.1, 0.15) is 35.2 Å². The molecule has 0 saturated heterocycles. The SMILES string of the molecule is O=C(O)CCCC(=O)NC(Cc1ccccc1)C(=O)c1ccc2ccccc2c1. The van der Waals surface area contributed by atoms with Gasteiger partial charge in [0.1, 0.15) is 0 Å². The van der Waals surface area contributed by atoms with Crippen LogP contribution in [0, 0.1) is 0 Å². The topological polar surface area (TPSA) is 83.5 Å². The van der Waals surface area contributed by atoms with Crippen LogP contribution in [-0.2, 0) is 16.0 Å². The van der Waals surface area contributed by atoms with E-state index in [4.69, 9.17) is 5.11 Å². The van der Waals surface area contributed by atoms with E-state index in [1.165, 1.54) is 0 Å². The number of aliphatic carboxylic acids is 1. The van der Waals surface area contributed by atoms with Crippen molar-refractivity contribution < 1.29 is 19.5 Å². The smallest absolute Gasteiger partial charge is 0.303 e. The Labute approximate surface area is 169 Å². The molecule has 0 fully saturated rings. The zero-order chi connectivity index (χ0) is 20.6. The van der Waals surface area contributed by atoms with Crippen LogP contribution in [-0.4, -0.2) is 28.8 Å². The highest BCUT2D eigenvalue weighted by Crippen LogP contribution is 2.18. The zero-order valence-corrected chi connectivity index (χ0v) is 16.0. The van der Waals surface area contributed by atoms with Crippen LogP contribution in [0.25, 0.3) is 10.8 Å². The molecule has 0 aliphatic rings. The van der Waals surface area contributed by atoms with Crippen LogP contribution in [0.15, 0.2) is 72.8 Å². The second-order valence-corrected chi connectivity index (χ2v) is 6.98. The molecule has 5 nitrogen and oxygen atoms in total. The molecule has 0 radical (unpaired) electrons. The summed E-state index contributed by atoms with van der Waals surface area (Å²) in [5.41, 5.74) is 1.48. The van der Waals surface area contributed by atoms with Gasteiger partial charge in [-0.05, 0) is 28.8 Å². The van der Waals surface area contributed by atoms with Gasteiger partial charge in [-0.2, -0.15) is 0 Å². The quantitative estimate of drug-likeness (QED) is 0.542. The minimum absolute atomic E-state index is 0.0720. The monoisotopic (exact) mass is 389 g/mol. The minimum atomic E-state index is -0.939. The molecular formula is C24H23NO4. The summed E-state index contributed by atoms with van der Waals surface area (Å²) in [6.45, 7) is 0. The van der Waals surface area contributed by atoms with Gasteiger partial charge in [0.2, 0.25) is 5.91 Å². The van der Waals surface area contributed by atoms with E-state index in [1.807, 2.05) is 66.7 Å². The third-order valence-electron chi connectivity index (χ3n) is 4.76. The first-order valence-corrected chi connectivity index (χ1v) is 9.61. The molecule has 0 heterocycles. The molecule has 2 N–H and O–H groups in total. The van der Waals surface area contributed by atoms with Crippen LogP contribution in [0.5, 0.6) is 0 Å². The molecular weight excluding hydrogens is 366 g/mol. The summed E-state index contributed by atoms with van der Waals surface area (Å²) in [5.74, 6) is -1.42. The number of carboxylic acid groups (broad SMARTS) is 1. The number of hydrogen-bond acceptors (Lipinski definition) is 3. The lowest BCUT2D eigenvalue weighted by atomic mass is 9.95. The van der Waals surface area contributed by atoms with Gasteiger partial charge in [-0.1, -0.05) is 66.7 Å². The van der Waals surface area contributed by atoms with Gasteiger partial charge < -0.3 is 10.4 Å². The first-order valence-electron chi connectivity index (χ1n) is 9.61. The van der Waals surface area contributed by atoms with E-state index >= 15 is 0 Å². The van der Waals surface area contributed by atoms with Crippen molar-refractivity contribution in [1.82, 2.24) is 5.32 Å². The number of Topliss-reactive ketones (excluding diaryl/α,β-unsaturated/α-hetero) is 1. The maximum Gasteiger partial charge on any atom is 0.303 e. The summed E-state index contributed by atoms with van der Waals surface area (Å²) in [4.78, 5) is 36.2. The van der Waals surface area contributed by atoms with Crippen molar-refractivity contribution in [2.75, 3.05) is 0 Å². The first-order chi connectivity index (χ1) is 14.0. The number of rotatable bonds is 9. The lowest BCUT2D eigenvalue weighted by Gasteiger charge is -2.18. The zero-order valence-electron chi connectivity index (χ0n) is 16.0. The molecule has 29 heavy (non-hydrogen) atoms. The number of benzene rings is 3. The second-order valence-electron chi connectivity index (χ2n) is 6.98. The molecule has 0 bridgehead atoms. The molecule has 3 aromatic carbocycles. The Hall–Kier alpha value is -3.47. The van der Waals surface area contributed by atoms with Crippen molar-refractivity contribution in [3.05, 3.63) is 83.9 Å². The highest BCUT2D eigenvalue weighted by molar-refractivity contribution is 6.04. The van der Waals surface area contributed by atoms with Gasteiger partial charge in [0, 0.05) is 24.8 Å². The third-order valence-corrected chi connectivity index (χ3v) is 4.76. The number of carbonyl (C=O) groups excluding carboxylic acids is 2. The van der Waals surface area contributed by atoms with Gasteiger partial charge in [-0.3, -0.25) is 14.4 Å². The van der Waals surface area contributed by atoms with Gasteiger partial charge in [-0.15, -0.1) is 0 Å². The number of hydrogen-bond donors (Lipinski definition) is 2. The summed E-state index contributed by atoms with van der Waals surface area (Å²) in [5, 5.41) is 13.6. The fourth-order valence-corrected chi connectivity index (χ4v) is 3.27. The number of carboxylic acids is 1. The standard InChI is InChI=1S/C24H23NO4/c26-22(11-6-12-23(27)28)25-21(15-17-7-2-1-3-8-17)24(29)20-14-13-18-9-4-5-10-19(18)16-20/h1-5,7-10,13-14,16,21H,6,11-12,15H2,(H,25,26)(H,27,28). The normalized spacial score (nSPS) is 11.7. The number of carbonyl (C=O) groups is 3. The molecule has 1 amide bonds. The highest BCUT2D eigenvalue weighted by atomic mass is 16.4. The number of amides is 1. The highest BCUT2D eigenvalue weighted by Gasteiger charge is 2.23. The maximum absolute atomic E-state index is 13.2. The van der Waals surface area contributed by atoms with Crippen molar-refractivity contribution in [2.24, 2.45) is 0 Å². The number of nitrogens with one attached hydrogen (secondary N) is 1. The summed E-state index contributed by atoms with van der Waals surface area (Å²) in [7, 11) is 0. The maximum atomic E-state index is 13.2. The van der Waals surface area contributed by atoms with Crippen molar-refractivity contribution in [3.63, 3.8) is 0 Å². The molecule has 0 spiro atoms.